The minimum atomic E-state index is -0.730. The molecule has 0 saturated heterocycles. The van der Waals surface area contributed by atoms with Crippen molar-refractivity contribution < 1.29 is 23.4 Å². The predicted octanol–water partition coefficient (Wildman–Crippen LogP) is 3.65. The van der Waals surface area contributed by atoms with Crippen molar-refractivity contribution in [2.45, 2.75) is 19.9 Å². The molecule has 2 aliphatic rings. The number of ether oxygens (including phenoxy) is 3. The van der Waals surface area contributed by atoms with Crippen molar-refractivity contribution in [3.63, 3.8) is 0 Å². The van der Waals surface area contributed by atoms with Crippen LogP contribution in [0.2, 0.25) is 0 Å². The van der Waals surface area contributed by atoms with Crippen molar-refractivity contribution in [1.82, 2.24) is 4.57 Å². The van der Waals surface area contributed by atoms with Crippen LogP contribution in [0.1, 0.15) is 31.2 Å². The molecule has 2 aromatic heterocycles. The second-order valence-electron chi connectivity index (χ2n) is 7.19. The van der Waals surface area contributed by atoms with Crippen LogP contribution < -0.4 is 24.4 Å². The van der Waals surface area contributed by atoms with Gasteiger partial charge in [0, 0.05) is 6.08 Å². The summed E-state index contributed by atoms with van der Waals surface area (Å²) in [5, 5.41) is 0. The minimum absolute atomic E-state index is 0.120. The number of furan rings is 1. The van der Waals surface area contributed by atoms with Crippen molar-refractivity contribution in [1.29, 1.82) is 0 Å². The van der Waals surface area contributed by atoms with Gasteiger partial charge in [-0.1, -0.05) is 17.4 Å². The molecule has 11 heteroatoms. The Hall–Kier alpha value is -2.63. The molecular formula is C22H16Br2N2O6S. The number of esters is 1. The first-order chi connectivity index (χ1) is 15.9. The molecule has 170 valence electrons. The SMILES string of the molecule is CCOC(=O)C1=C(C)N=c2sc(=Cc3cc(Br)c(Br)o3)c(=O)n2C1c1ccc2c(c1)OCO2. The lowest BCUT2D eigenvalue weighted by molar-refractivity contribution is -0.139. The smallest absolute Gasteiger partial charge is 0.338 e. The monoisotopic (exact) mass is 594 g/mol. The number of carbonyl (C=O) groups excluding carboxylic acids is 1. The van der Waals surface area contributed by atoms with E-state index in [4.69, 9.17) is 18.6 Å². The van der Waals surface area contributed by atoms with Crippen LogP contribution in [0.3, 0.4) is 0 Å². The summed E-state index contributed by atoms with van der Waals surface area (Å²) >= 11 is 7.90. The van der Waals surface area contributed by atoms with Gasteiger partial charge in [0.05, 0.1) is 32.9 Å². The van der Waals surface area contributed by atoms with Crippen LogP contribution in [0.5, 0.6) is 11.5 Å². The van der Waals surface area contributed by atoms with Crippen molar-refractivity contribution in [3.05, 3.63) is 75.7 Å². The predicted molar refractivity (Wildman–Crippen MR) is 127 cm³/mol. The number of hydrogen-bond donors (Lipinski definition) is 0. The maximum Gasteiger partial charge on any atom is 0.338 e. The van der Waals surface area contributed by atoms with Gasteiger partial charge < -0.3 is 18.6 Å². The van der Waals surface area contributed by atoms with Gasteiger partial charge >= 0.3 is 5.97 Å². The van der Waals surface area contributed by atoms with Crippen LogP contribution in [-0.2, 0) is 9.53 Å². The number of halogens is 2. The van der Waals surface area contributed by atoms with E-state index >= 15 is 0 Å². The molecule has 0 N–H and O–H groups in total. The first kappa shape index (κ1) is 22.2. The molecule has 8 nitrogen and oxygen atoms in total. The first-order valence-corrected chi connectivity index (χ1v) is 12.3. The highest BCUT2D eigenvalue weighted by Gasteiger charge is 2.34. The van der Waals surface area contributed by atoms with Crippen LogP contribution in [0.25, 0.3) is 6.08 Å². The molecule has 0 amide bonds. The normalized spacial score (nSPS) is 17.2. The van der Waals surface area contributed by atoms with E-state index in [0.29, 0.717) is 48.1 Å². The van der Waals surface area contributed by atoms with E-state index in [1.54, 1.807) is 38.1 Å². The number of thiazole rings is 1. The first-order valence-electron chi connectivity index (χ1n) is 9.91. The second kappa shape index (κ2) is 8.62. The third kappa shape index (κ3) is 3.87. The standard InChI is InChI=1S/C22H16Br2N2O6S/c1-3-29-21(28)17-10(2)25-22-26(18(17)11-4-5-14-15(6-11)31-9-30-14)20(27)16(33-22)8-12-7-13(23)19(24)32-12/h4-8,18H,3,9H2,1-2H3. The lowest BCUT2D eigenvalue weighted by atomic mass is 9.95. The Morgan fingerprint density at radius 1 is 1.30 bits per heavy atom. The Bertz CT molecular complexity index is 1480. The number of carbonyl (C=O) groups is 1. The van der Waals surface area contributed by atoms with E-state index in [1.807, 2.05) is 6.07 Å². The van der Waals surface area contributed by atoms with Crippen molar-refractivity contribution in [2.75, 3.05) is 13.4 Å². The molecule has 3 aromatic rings. The summed E-state index contributed by atoms with van der Waals surface area (Å²) in [7, 11) is 0. The molecule has 2 aliphatic heterocycles. The average molecular weight is 596 g/mol. The fraction of sp³-hybridized carbons (Fsp3) is 0.227. The topological polar surface area (TPSA) is 92.3 Å². The summed E-state index contributed by atoms with van der Waals surface area (Å²) < 4.78 is 25.1. The quantitative estimate of drug-likeness (QED) is 0.428. The Labute approximate surface area is 208 Å². The highest BCUT2D eigenvalue weighted by molar-refractivity contribution is 9.13. The van der Waals surface area contributed by atoms with Gasteiger partial charge in [-0.2, -0.15) is 0 Å². The maximum atomic E-state index is 13.5. The molecule has 0 saturated carbocycles. The van der Waals surface area contributed by atoms with Crippen LogP contribution in [0.4, 0.5) is 0 Å². The van der Waals surface area contributed by atoms with Gasteiger partial charge in [-0.05, 0) is 69.5 Å². The highest BCUT2D eigenvalue weighted by atomic mass is 79.9. The van der Waals surface area contributed by atoms with Gasteiger partial charge in [0.15, 0.2) is 21.0 Å². The third-order valence-electron chi connectivity index (χ3n) is 5.17. The molecular weight excluding hydrogens is 580 g/mol. The summed E-state index contributed by atoms with van der Waals surface area (Å²) in [4.78, 5) is 31.5. The van der Waals surface area contributed by atoms with Crippen LogP contribution in [0, 0.1) is 0 Å². The molecule has 1 atom stereocenters. The largest absolute Gasteiger partial charge is 0.463 e. The van der Waals surface area contributed by atoms with E-state index in [9.17, 15) is 9.59 Å². The van der Waals surface area contributed by atoms with E-state index in [2.05, 4.69) is 36.9 Å². The highest BCUT2D eigenvalue weighted by Crippen LogP contribution is 2.38. The number of benzene rings is 1. The van der Waals surface area contributed by atoms with Crippen molar-refractivity contribution >= 4 is 55.2 Å². The Morgan fingerprint density at radius 3 is 2.82 bits per heavy atom. The van der Waals surface area contributed by atoms with Gasteiger partial charge in [0.2, 0.25) is 6.79 Å². The van der Waals surface area contributed by atoms with Crippen molar-refractivity contribution in [2.24, 2.45) is 4.99 Å². The summed E-state index contributed by atoms with van der Waals surface area (Å²) in [6.45, 7) is 3.80. The summed E-state index contributed by atoms with van der Waals surface area (Å²) in [6.07, 6.45) is 1.65. The van der Waals surface area contributed by atoms with Crippen molar-refractivity contribution in [3.8, 4) is 11.5 Å². The number of fused-ring (bicyclic) bond motifs is 2. The lowest BCUT2D eigenvalue weighted by Crippen LogP contribution is -2.39. The molecule has 0 bridgehead atoms. The van der Waals surface area contributed by atoms with Crippen LogP contribution >= 0.6 is 43.2 Å². The molecule has 5 rings (SSSR count). The van der Waals surface area contributed by atoms with Gasteiger partial charge in [0.1, 0.15) is 5.76 Å². The van der Waals surface area contributed by atoms with E-state index in [0.717, 1.165) is 4.47 Å². The van der Waals surface area contributed by atoms with Gasteiger partial charge in [-0.15, -0.1) is 0 Å². The molecule has 1 unspecified atom stereocenters. The number of aromatic nitrogens is 1. The zero-order valence-corrected chi connectivity index (χ0v) is 21.4. The molecule has 33 heavy (non-hydrogen) atoms. The van der Waals surface area contributed by atoms with E-state index in [1.165, 1.54) is 15.9 Å². The fourth-order valence-electron chi connectivity index (χ4n) is 3.75. The third-order valence-corrected chi connectivity index (χ3v) is 7.86. The lowest BCUT2D eigenvalue weighted by Gasteiger charge is -2.24. The molecule has 4 heterocycles. The molecule has 0 fully saturated rings. The Morgan fingerprint density at radius 2 is 2.09 bits per heavy atom. The molecule has 0 spiro atoms. The van der Waals surface area contributed by atoms with E-state index < -0.39 is 12.0 Å². The second-order valence-corrected chi connectivity index (χ2v) is 9.77. The summed E-state index contributed by atoms with van der Waals surface area (Å²) in [6, 6.07) is 6.39. The number of hydrogen-bond acceptors (Lipinski definition) is 8. The number of nitrogens with zero attached hydrogens (tertiary/aromatic N) is 2. The molecule has 1 aromatic carbocycles. The van der Waals surface area contributed by atoms with Gasteiger partial charge in [0.25, 0.3) is 5.56 Å². The number of allylic oxidation sites excluding steroid dienone is 1. The minimum Gasteiger partial charge on any atom is -0.463 e. The van der Waals surface area contributed by atoms with Crippen LogP contribution in [0.15, 0.2) is 58.9 Å². The van der Waals surface area contributed by atoms with Gasteiger partial charge in [-0.3, -0.25) is 9.36 Å². The molecule has 0 aliphatic carbocycles. The molecule has 0 radical (unpaired) electrons. The van der Waals surface area contributed by atoms with Crippen LogP contribution in [-0.4, -0.2) is 23.9 Å². The van der Waals surface area contributed by atoms with E-state index in [-0.39, 0.29) is 19.0 Å². The summed E-state index contributed by atoms with van der Waals surface area (Å²) in [5.74, 6) is 1.14. The Kier molecular flexibility index (Phi) is 5.79. The zero-order chi connectivity index (χ0) is 23.3. The summed E-state index contributed by atoms with van der Waals surface area (Å²) in [5.41, 5.74) is 1.19. The zero-order valence-electron chi connectivity index (χ0n) is 17.4. The Balaban J connectivity index is 1.73. The average Bonchev–Trinajstić information content (AvgIpc) is 3.45. The maximum absolute atomic E-state index is 13.5. The number of rotatable bonds is 4. The fourth-order valence-corrected chi connectivity index (χ4v) is 5.39. The van der Waals surface area contributed by atoms with Gasteiger partial charge in [-0.25, -0.2) is 9.79 Å².